The number of hydrogen-bond donors (Lipinski definition) is 0. The first-order valence-corrected chi connectivity index (χ1v) is 8.03. The Hall–Kier alpha value is -2.15. The highest BCUT2D eigenvalue weighted by molar-refractivity contribution is 9.10. The van der Waals surface area contributed by atoms with Crippen LogP contribution in [0.2, 0.25) is 0 Å². The summed E-state index contributed by atoms with van der Waals surface area (Å²) in [6, 6.07) is 7.13. The van der Waals surface area contributed by atoms with Crippen molar-refractivity contribution in [2.24, 2.45) is 0 Å². The van der Waals surface area contributed by atoms with E-state index in [1.807, 2.05) is 6.07 Å². The number of hydrogen-bond acceptors (Lipinski definition) is 5. The van der Waals surface area contributed by atoms with Crippen LogP contribution in [-0.4, -0.2) is 47.1 Å². The number of nitrogens with zero attached hydrogens (tertiary/aromatic N) is 3. The fourth-order valence-corrected chi connectivity index (χ4v) is 2.73. The second kappa shape index (κ2) is 6.95. The molecule has 2 aromatic rings. The highest BCUT2D eigenvalue weighted by atomic mass is 79.9. The van der Waals surface area contributed by atoms with Crippen LogP contribution in [-0.2, 0) is 0 Å². The number of amides is 1. The van der Waals surface area contributed by atoms with E-state index in [0.29, 0.717) is 30.4 Å². The molecule has 0 saturated carbocycles. The molecule has 1 atom stereocenters. The molecule has 3 rings (SSSR count). The third-order valence-corrected chi connectivity index (χ3v) is 4.08. The Labute approximate surface area is 142 Å². The van der Waals surface area contributed by atoms with Gasteiger partial charge in [0.05, 0.1) is 13.7 Å². The van der Waals surface area contributed by atoms with E-state index in [0.717, 1.165) is 10.9 Å². The van der Waals surface area contributed by atoms with Gasteiger partial charge in [-0.25, -0.2) is 9.97 Å². The lowest BCUT2D eigenvalue weighted by Crippen LogP contribution is -2.31. The number of halogens is 1. The van der Waals surface area contributed by atoms with Crippen molar-refractivity contribution in [3.63, 3.8) is 0 Å². The average molecular weight is 378 g/mol. The second-order valence-corrected chi connectivity index (χ2v) is 6.07. The summed E-state index contributed by atoms with van der Waals surface area (Å²) < 4.78 is 11.9. The number of carbonyl (C=O) groups is 1. The predicted molar refractivity (Wildman–Crippen MR) is 87.7 cm³/mol. The maximum Gasteiger partial charge on any atom is 0.259 e. The summed E-state index contributed by atoms with van der Waals surface area (Å²) in [5.41, 5.74) is 0.470. The van der Waals surface area contributed by atoms with E-state index < -0.39 is 0 Å². The standard InChI is InChI=1S/C16H16BrN3O3/c1-22-15-13(3-2-7-18-15)16(21)20-8-6-12(10-20)23-14-5-4-11(17)9-19-14/h2-5,7,9,12H,6,8,10H2,1H3. The lowest BCUT2D eigenvalue weighted by Gasteiger charge is -2.17. The Morgan fingerprint density at radius 3 is 2.96 bits per heavy atom. The average Bonchev–Trinajstić information content (AvgIpc) is 3.05. The van der Waals surface area contributed by atoms with Crippen LogP contribution < -0.4 is 9.47 Å². The van der Waals surface area contributed by atoms with Crippen LogP contribution in [0.5, 0.6) is 11.8 Å². The molecule has 1 unspecified atom stereocenters. The predicted octanol–water partition coefficient (Wildman–Crippen LogP) is 2.54. The molecule has 1 fully saturated rings. The van der Waals surface area contributed by atoms with Gasteiger partial charge in [-0.2, -0.15) is 0 Å². The molecule has 23 heavy (non-hydrogen) atoms. The highest BCUT2D eigenvalue weighted by Gasteiger charge is 2.30. The SMILES string of the molecule is COc1ncccc1C(=O)N1CCC(Oc2ccc(Br)cn2)C1. The van der Waals surface area contributed by atoms with Gasteiger partial charge >= 0.3 is 0 Å². The van der Waals surface area contributed by atoms with Gasteiger partial charge in [-0.1, -0.05) is 0 Å². The van der Waals surface area contributed by atoms with Gasteiger partial charge in [0.15, 0.2) is 0 Å². The molecular formula is C16H16BrN3O3. The van der Waals surface area contributed by atoms with Crippen molar-refractivity contribution in [3.05, 3.63) is 46.7 Å². The fraction of sp³-hybridized carbons (Fsp3) is 0.312. The molecule has 0 aliphatic carbocycles. The van der Waals surface area contributed by atoms with E-state index in [4.69, 9.17) is 9.47 Å². The smallest absolute Gasteiger partial charge is 0.259 e. The van der Waals surface area contributed by atoms with Crippen LogP contribution >= 0.6 is 15.9 Å². The summed E-state index contributed by atoms with van der Waals surface area (Å²) in [4.78, 5) is 22.6. The second-order valence-electron chi connectivity index (χ2n) is 5.15. The fourth-order valence-electron chi connectivity index (χ4n) is 2.50. The third-order valence-electron chi connectivity index (χ3n) is 3.61. The first kappa shape index (κ1) is 15.7. The number of aromatic nitrogens is 2. The molecule has 2 aromatic heterocycles. The Morgan fingerprint density at radius 1 is 1.35 bits per heavy atom. The first-order chi connectivity index (χ1) is 11.2. The van der Waals surface area contributed by atoms with E-state index in [1.165, 1.54) is 7.11 Å². The molecule has 0 bridgehead atoms. The molecule has 0 spiro atoms. The molecule has 6 nitrogen and oxygen atoms in total. The highest BCUT2D eigenvalue weighted by Crippen LogP contribution is 2.22. The zero-order valence-electron chi connectivity index (χ0n) is 12.6. The Morgan fingerprint density at radius 2 is 2.22 bits per heavy atom. The van der Waals surface area contributed by atoms with Gasteiger partial charge in [0, 0.05) is 35.9 Å². The summed E-state index contributed by atoms with van der Waals surface area (Å²) >= 11 is 3.34. The van der Waals surface area contributed by atoms with E-state index >= 15 is 0 Å². The van der Waals surface area contributed by atoms with Crippen molar-refractivity contribution in [3.8, 4) is 11.8 Å². The van der Waals surface area contributed by atoms with Crippen LogP contribution in [0, 0.1) is 0 Å². The Bertz CT molecular complexity index is 693. The van der Waals surface area contributed by atoms with Crippen LogP contribution in [0.1, 0.15) is 16.8 Å². The number of likely N-dealkylation sites (tertiary alicyclic amines) is 1. The van der Waals surface area contributed by atoms with Gasteiger partial charge in [-0.15, -0.1) is 0 Å². The van der Waals surface area contributed by atoms with Crippen LogP contribution in [0.15, 0.2) is 41.1 Å². The lowest BCUT2D eigenvalue weighted by molar-refractivity contribution is 0.0767. The minimum atomic E-state index is -0.0928. The van der Waals surface area contributed by atoms with Crippen molar-refractivity contribution in [1.82, 2.24) is 14.9 Å². The van der Waals surface area contributed by atoms with E-state index in [2.05, 4.69) is 25.9 Å². The Kier molecular flexibility index (Phi) is 4.76. The summed E-state index contributed by atoms with van der Waals surface area (Å²) in [6.07, 6.45) is 4.00. The molecule has 0 N–H and O–H groups in total. The third kappa shape index (κ3) is 3.61. The number of methoxy groups -OCH3 is 1. The van der Waals surface area contributed by atoms with Gasteiger partial charge in [0.1, 0.15) is 11.7 Å². The zero-order valence-corrected chi connectivity index (χ0v) is 14.2. The van der Waals surface area contributed by atoms with Crippen molar-refractivity contribution < 1.29 is 14.3 Å². The number of carbonyl (C=O) groups excluding carboxylic acids is 1. The molecule has 1 aliphatic rings. The molecular weight excluding hydrogens is 362 g/mol. The quantitative estimate of drug-likeness (QED) is 0.818. The monoisotopic (exact) mass is 377 g/mol. The molecule has 1 saturated heterocycles. The largest absolute Gasteiger partial charge is 0.480 e. The topological polar surface area (TPSA) is 64.5 Å². The molecule has 3 heterocycles. The summed E-state index contributed by atoms with van der Waals surface area (Å²) in [7, 11) is 1.51. The molecule has 0 aromatic carbocycles. The Balaban J connectivity index is 1.65. The van der Waals surface area contributed by atoms with E-state index in [9.17, 15) is 4.79 Å². The normalized spacial score (nSPS) is 17.1. The van der Waals surface area contributed by atoms with Crippen molar-refractivity contribution in [2.45, 2.75) is 12.5 Å². The van der Waals surface area contributed by atoms with Crippen molar-refractivity contribution in [2.75, 3.05) is 20.2 Å². The molecule has 1 amide bonds. The van der Waals surface area contributed by atoms with Gasteiger partial charge in [0.2, 0.25) is 11.8 Å². The van der Waals surface area contributed by atoms with Crippen LogP contribution in [0.4, 0.5) is 0 Å². The molecule has 0 radical (unpaired) electrons. The minimum absolute atomic E-state index is 0.0599. The summed E-state index contributed by atoms with van der Waals surface area (Å²) in [6.45, 7) is 1.16. The van der Waals surface area contributed by atoms with Gasteiger partial charge in [-0.3, -0.25) is 4.79 Å². The number of pyridine rings is 2. The summed E-state index contributed by atoms with van der Waals surface area (Å²) in [5, 5.41) is 0. The lowest BCUT2D eigenvalue weighted by atomic mass is 10.2. The minimum Gasteiger partial charge on any atom is -0.480 e. The van der Waals surface area contributed by atoms with E-state index in [-0.39, 0.29) is 12.0 Å². The van der Waals surface area contributed by atoms with E-state index in [1.54, 1.807) is 35.5 Å². The van der Waals surface area contributed by atoms with Crippen LogP contribution in [0.25, 0.3) is 0 Å². The van der Waals surface area contributed by atoms with Crippen LogP contribution in [0.3, 0.4) is 0 Å². The van der Waals surface area contributed by atoms with Gasteiger partial charge in [0.25, 0.3) is 5.91 Å². The van der Waals surface area contributed by atoms with Gasteiger partial charge < -0.3 is 14.4 Å². The molecule has 7 heteroatoms. The first-order valence-electron chi connectivity index (χ1n) is 7.24. The zero-order chi connectivity index (χ0) is 16.2. The van der Waals surface area contributed by atoms with Crippen molar-refractivity contribution in [1.29, 1.82) is 0 Å². The summed E-state index contributed by atoms with van der Waals surface area (Å²) in [5.74, 6) is 0.813. The maximum atomic E-state index is 12.6. The molecule has 1 aliphatic heterocycles. The number of ether oxygens (including phenoxy) is 2. The number of rotatable bonds is 4. The van der Waals surface area contributed by atoms with Crippen molar-refractivity contribution >= 4 is 21.8 Å². The maximum absolute atomic E-state index is 12.6. The van der Waals surface area contributed by atoms with Gasteiger partial charge in [-0.05, 0) is 34.1 Å². The molecule has 120 valence electrons.